The number of halogens is 1. The van der Waals surface area contributed by atoms with E-state index in [0.717, 1.165) is 42.1 Å². The van der Waals surface area contributed by atoms with Gasteiger partial charge in [-0.15, -0.1) is 11.3 Å². The summed E-state index contributed by atoms with van der Waals surface area (Å²) in [6.45, 7) is 5.42. The second kappa shape index (κ2) is 7.42. The molecular formula is C19H21ClN4O3S. The monoisotopic (exact) mass is 420 g/mol. The number of ether oxygens (including phenoxy) is 1. The zero-order valence-electron chi connectivity index (χ0n) is 15.7. The van der Waals surface area contributed by atoms with Gasteiger partial charge in [0.25, 0.3) is 5.91 Å². The Hall–Kier alpha value is -2.03. The van der Waals surface area contributed by atoms with Crippen molar-refractivity contribution in [1.29, 1.82) is 0 Å². The lowest BCUT2D eigenvalue weighted by Gasteiger charge is -2.30. The van der Waals surface area contributed by atoms with Crippen LogP contribution < -0.4 is 5.32 Å². The lowest BCUT2D eigenvalue weighted by molar-refractivity contribution is -0.109. The lowest BCUT2D eigenvalue weighted by atomic mass is 10.0. The molecule has 2 aromatic heterocycles. The van der Waals surface area contributed by atoms with Gasteiger partial charge in [0.1, 0.15) is 12.0 Å². The van der Waals surface area contributed by atoms with Crippen LogP contribution in [0.15, 0.2) is 12.3 Å². The Morgan fingerprint density at radius 3 is 2.86 bits per heavy atom. The van der Waals surface area contributed by atoms with Gasteiger partial charge in [0.05, 0.1) is 33.7 Å². The van der Waals surface area contributed by atoms with E-state index in [1.54, 1.807) is 11.1 Å². The minimum Gasteiger partial charge on any atom is -0.381 e. The summed E-state index contributed by atoms with van der Waals surface area (Å²) in [7, 11) is 0. The fourth-order valence-corrected chi connectivity index (χ4v) is 5.18. The minimum atomic E-state index is -0.543. The number of amides is 1. The normalized spacial score (nSPS) is 19.0. The molecule has 0 aromatic carbocycles. The first-order valence-electron chi connectivity index (χ1n) is 9.19. The number of carbonyl (C=O) groups is 2. The van der Waals surface area contributed by atoms with E-state index in [0.29, 0.717) is 22.2 Å². The molecule has 1 fully saturated rings. The number of hydrogen-bond donors (Lipinski definition) is 1. The van der Waals surface area contributed by atoms with Crippen molar-refractivity contribution >= 4 is 41.1 Å². The fraction of sp³-hybridized carbons (Fsp3) is 0.474. The molecule has 28 heavy (non-hydrogen) atoms. The zero-order chi connectivity index (χ0) is 19.9. The highest BCUT2D eigenvalue weighted by molar-refractivity contribution is 7.16. The second-order valence-electron chi connectivity index (χ2n) is 7.42. The summed E-state index contributed by atoms with van der Waals surface area (Å²) in [5.74, 6) is 0.383. The third-order valence-electron chi connectivity index (χ3n) is 5.23. The van der Waals surface area contributed by atoms with Crippen LogP contribution in [0.4, 0.5) is 5.95 Å². The topological polar surface area (TPSA) is 84.4 Å². The molecule has 2 aliphatic heterocycles. The number of nitrogens with zero attached hydrogens (tertiary/aromatic N) is 3. The van der Waals surface area contributed by atoms with Crippen LogP contribution in [0, 0.1) is 0 Å². The predicted octanol–water partition coefficient (Wildman–Crippen LogP) is 3.34. The summed E-state index contributed by atoms with van der Waals surface area (Å²) in [6, 6.07) is 2.09. The quantitative estimate of drug-likeness (QED) is 0.747. The zero-order valence-corrected chi connectivity index (χ0v) is 17.3. The standard InChI is InChI=1S/C19H21ClN4O3S/c1-19(2)16-12(17(26)24(19)5-6-25)9-14(28-16)15-13(20)10-21-18(23-15)22-11-3-7-27-8-4-11/h6,9-11H,3-5,7-8H2,1-2H3,(H,21,22,23). The Kier molecular flexibility index (Phi) is 5.11. The van der Waals surface area contributed by atoms with E-state index in [2.05, 4.69) is 15.3 Å². The fourth-order valence-electron chi connectivity index (χ4n) is 3.66. The molecular weight excluding hydrogens is 400 g/mol. The summed E-state index contributed by atoms with van der Waals surface area (Å²) >= 11 is 7.86. The summed E-state index contributed by atoms with van der Waals surface area (Å²) < 4.78 is 5.38. The maximum absolute atomic E-state index is 12.7. The average Bonchev–Trinajstić information content (AvgIpc) is 3.19. The minimum absolute atomic E-state index is 0.0794. The van der Waals surface area contributed by atoms with Gasteiger partial charge in [0.2, 0.25) is 5.95 Å². The molecule has 7 nitrogen and oxygen atoms in total. The van der Waals surface area contributed by atoms with E-state index >= 15 is 0 Å². The van der Waals surface area contributed by atoms with Crippen molar-refractivity contribution in [2.45, 2.75) is 38.3 Å². The molecule has 0 spiro atoms. The third kappa shape index (κ3) is 3.29. The third-order valence-corrected chi connectivity index (χ3v) is 6.96. The maximum atomic E-state index is 12.7. The largest absolute Gasteiger partial charge is 0.381 e. The summed E-state index contributed by atoms with van der Waals surface area (Å²) in [4.78, 5) is 35.9. The van der Waals surface area contributed by atoms with E-state index in [4.69, 9.17) is 16.3 Å². The molecule has 1 amide bonds. The molecule has 1 N–H and O–H groups in total. The number of carbonyl (C=O) groups excluding carboxylic acids is 2. The highest BCUT2D eigenvalue weighted by Gasteiger charge is 2.44. The molecule has 1 saturated heterocycles. The summed E-state index contributed by atoms with van der Waals surface area (Å²) in [6.07, 6.45) is 4.16. The molecule has 148 valence electrons. The molecule has 0 atom stereocenters. The number of fused-ring (bicyclic) bond motifs is 1. The highest BCUT2D eigenvalue weighted by Crippen LogP contribution is 2.46. The van der Waals surface area contributed by atoms with E-state index in [1.165, 1.54) is 11.3 Å². The number of thiophene rings is 1. The van der Waals surface area contributed by atoms with Gasteiger partial charge >= 0.3 is 0 Å². The molecule has 0 unspecified atom stereocenters. The van der Waals surface area contributed by atoms with Gasteiger partial charge in [0.15, 0.2) is 0 Å². The molecule has 0 bridgehead atoms. The van der Waals surface area contributed by atoms with Gasteiger partial charge in [-0.1, -0.05) is 11.6 Å². The number of rotatable bonds is 5. The number of aromatic nitrogens is 2. The molecule has 9 heteroatoms. The number of anilines is 1. The van der Waals surface area contributed by atoms with E-state index in [9.17, 15) is 9.59 Å². The Labute approximate surface area is 172 Å². The first kappa shape index (κ1) is 19.3. The van der Waals surface area contributed by atoms with Crippen molar-refractivity contribution in [2.75, 3.05) is 25.1 Å². The van der Waals surface area contributed by atoms with Crippen LogP contribution in [-0.4, -0.2) is 52.9 Å². The molecule has 4 rings (SSSR count). The van der Waals surface area contributed by atoms with E-state index < -0.39 is 5.54 Å². The molecule has 0 aliphatic carbocycles. The van der Waals surface area contributed by atoms with Gasteiger partial charge in [0, 0.05) is 24.1 Å². The lowest BCUT2D eigenvalue weighted by Crippen LogP contribution is -2.40. The maximum Gasteiger partial charge on any atom is 0.256 e. The van der Waals surface area contributed by atoms with Crippen LogP contribution in [0.1, 0.15) is 41.9 Å². The molecule has 0 saturated carbocycles. The van der Waals surface area contributed by atoms with Crippen LogP contribution in [0.25, 0.3) is 10.6 Å². The summed E-state index contributed by atoms with van der Waals surface area (Å²) in [5.41, 5.74) is 0.676. The van der Waals surface area contributed by atoms with Crippen LogP contribution >= 0.6 is 22.9 Å². The van der Waals surface area contributed by atoms with Crippen molar-refractivity contribution in [1.82, 2.24) is 14.9 Å². The van der Waals surface area contributed by atoms with Gasteiger partial charge < -0.3 is 19.7 Å². The average molecular weight is 421 g/mol. The SMILES string of the molecule is CC1(C)c2sc(-c3nc(NC4CCOCC4)ncc3Cl)cc2C(=O)N1CC=O. The predicted molar refractivity (Wildman–Crippen MR) is 108 cm³/mol. The van der Waals surface area contributed by atoms with Crippen LogP contribution in [0.3, 0.4) is 0 Å². The second-order valence-corrected chi connectivity index (χ2v) is 8.88. The Morgan fingerprint density at radius 2 is 2.18 bits per heavy atom. The number of aldehydes is 1. The van der Waals surface area contributed by atoms with Crippen molar-refractivity contribution in [2.24, 2.45) is 0 Å². The van der Waals surface area contributed by atoms with E-state index in [1.807, 2.05) is 19.9 Å². The Morgan fingerprint density at radius 1 is 1.43 bits per heavy atom. The van der Waals surface area contributed by atoms with Crippen LogP contribution in [0.5, 0.6) is 0 Å². The van der Waals surface area contributed by atoms with Crippen molar-refractivity contribution < 1.29 is 14.3 Å². The molecule has 0 radical (unpaired) electrons. The summed E-state index contributed by atoms with van der Waals surface area (Å²) in [5, 5.41) is 3.78. The first-order valence-corrected chi connectivity index (χ1v) is 10.4. The van der Waals surface area contributed by atoms with E-state index in [-0.39, 0.29) is 18.5 Å². The Balaban J connectivity index is 1.65. The van der Waals surface area contributed by atoms with Crippen molar-refractivity contribution in [3.63, 3.8) is 0 Å². The first-order chi connectivity index (χ1) is 13.4. The van der Waals surface area contributed by atoms with Gasteiger partial charge in [-0.25, -0.2) is 9.97 Å². The molecule has 4 heterocycles. The number of nitrogens with one attached hydrogen (secondary N) is 1. The van der Waals surface area contributed by atoms with Crippen molar-refractivity contribution in [3.05, 3.63) is 27.7 Å². The molecule has 2 aliphatic rings. The van der Waals surface area contributed by atoms with Crippen LogP contribution in [0.2, 0.25) is 5.02 Å². The number of hydrogen-bond acceptors (Lipinski definition) is 7. The highest BCUT2D eigenvalue weighted by atomic mass is 35.5. The van der Waals surface area contributed by atoms with Crippen molar-refractivity contribution in [3.8, 4) is 10.6 Å². The van der Waals surface area contributed by atoms with Gasteiger partial charge in [-0.3, -0.25) is 4.79 Å². The van der Waals surface area contributed by atoms with Gasteiger partial charge in [-0.2, -0.15) is 0 Å². The molecule has 2 aromatic rings. The van der Waals surface area contributed by atoms with Crippen LogP contribution in [-0.2, 0) is 15.1 Å². The smallest absolute Gasteiger partial charge is 0.256 e. The van der Waals surface area contributed by atoms with Gasteiger partial charge in [-0.05, 0) is 32.8 Å². The Bertz CT molecular complexity index is 924.